The van der Waals surface area contributed by atoms with Crippen molar-refractivity contribution in [3.8, 4) is 5.75 Å². The zero-order valence-electron chi connectivity index (χ0n) is 7.10. The van der Waals surface area contributed by atoms with Gasteiger partial charge in [-0.2, -0.15) is 4.39 Å². The second kappa shape index (κ2) is 4.83. The minimum Gasteiger partial charge on any atom is -0.488 e. The Morgan fingerprint density at radius 1 is 1.07 bits per heavy atom. The zero-order valence-corrected chi connectivity index (χ0v) is 7.10. The normalized spacial score (nSPS) is 10.3. The molecule has 14 heavy (non-hydrogen) atoms. The molecule has 0 aliphatic rings. The van der Waals surface area contributed by atoms with Gasteiger partial charge in [0.05, 0.1) is 0 Å². The van der Waals surface area contributed by atoms with Crippen LogP contribution in [0.1, 0.15) is 0 Å². The van der Waals surface area contributed by atoms with Gasteiger partial charge in [0.2, 0.25) is 5.82 Å². The molecule has 6 heteroatoms. The monoisotopic (exact) mass is 207 g/mol. The van der Waals surface area contributed by atoms with Crippen LogP contribution in [-0.2, 0) is 4.84 Å². The number of nitrogens with two attached hydrogens (primary N) is 1. The molecular formula is C8H8F3NO2. The molecule has 0 aliphatic heterocycles. The van der Waals surface area contributed by atoms with Gasteiger partial charge in [-0.25, -0.2) is 14.7 Å². The molecule has 0 bridgehead atoms. The lowest BCUT2D eigenvalue weighted by atomic mass is 10.3. The largest absolute Gasteiger partial charge is 0.488 e. The van der Waals surface area contributed by atoms with Gasteiger partial charge in [-0.15, -0.1) is 0 Å². The van der Waals surface area contributed by atoms with Crippen LogP contribution in [0.2, 0.25) is 0 Å². The molecule has 1 aromatic rings. The Hall–Kier alpha value is -1.27. The van der Waals surface area contributed by atoms with Gasteiger partial charge in [0.15, 0.2) is 17.4 Å². The number of hydrogen-bond acceptors (Lipinski definition) is 3. The van der Waals surface area contributed by atoms with Crippen LogP contribution in [0.25, 0.3) is 0 Å². The van der Waals surface area contributed by atoms with Crippen molar-refractivity contribution in [2.45, 2.75) is 0 Å². The van der Waals surface area contributed by atoms with Crippen LogP contribution in [-0.4, -0.2) is 13.2 Å². The van der Waals surface area contributed by atoms with Crippen LogP contribution in [0.5, 0.6) is 5.75 Å². The van der Waals surface area contributed by atoms with E-state index < -0.39 is 17.5 Å². The molecule has 3 nitrogen and oxygen atoms in total. The van der Waals surface area contributed by atoms with E-state index in [1.54, 1.807) is 0 Å². The third-order valence-electron chi connectivity index (χ3n) is 1.46. The molecule has 0 heterocycles. The molecule has 0 saturated heterocycles. The quantitative estimate of drug-likeness (QED) is 0.460. The van der Waals surface area contributed by atoms with Crippen LogP contribution < -0.4 is 10.6 Å². The van der Waals surface area contributed by atoms with Crippen molar-refractivity contribution in [1.82, 2.24) is 0 Å². The topological polar surface area (TPSA) is 44.5 Å². The van der Waals surface area contributed by atoms with Crippen molar-refractivity contribution in [1.29, 1.82) is 0 Å². The van der Waals surface area contributed by atoms with E-state index in [4.69, 9.17) is 4.74 Å². The highest BCUT2D eigenvalue weighted by atomic mass is 19.2. The SMILES string of the molecule is NOCCOc1ccc(F)c(F)c1F. The second-order valence-corrected chi connectivity index (χ2v) is 2.39. The van der Waals surface area contributed by atoms with Crippen molar-refractivity contribution in [2.24, 2.45) is 5.90 Å². The Bertz CT molecular complexity index is 320. The summed E-state index contributed by atoms with van der Waals surface area (Å²) in [5.41, 5.74) is 0. The van der Waals surface area contributed by atoms with Crippen molar-refractivity contribution >= 4 is 0 Å². The van der Waals surface area contributed by atoms with E-state index in [1.807, 2.05) is 0 Å². The Labute approximate surface area is 78.2 Å². The summed E-state index contributed by atoms with van der Waals surface area (Å²) in [5, 5.41) is 0. The number of halogens is 3. The van der Waals surface area contributed by atoms with E-state index in [1.165, 1.54) is 0 Å². The van der Waals surface area contributed by atoms with Gasteiger partial charge in [0.1, 0.15) is 13.2 Å². The fourth-order valence-corrected chi connectivity index (χ4v) is 0.819. The van der Waals surface area contributed by atoms with Crippen LogP contribution >= 0.6 is 0 Å². The third-order valence-corrected chi connectivity index (χ3v) is 1.46. The van der Waals surface area contributed by atoms with Gasteiger partial charge in [-0.05, 0) is 12.1 Å². The lowest BCUT2D eigenvalue weighted by Gasteiger charge is -2.06. The summed E-state index contributed by atoms with van der Waals surface area (Å²) in [6.45, 7) is -0.0169. The first kappa shape index (κ1) is 10.8. The van der Waals surface area contributed by atoms with Crippen molar-refractivity contribution in [3.63, 3.8) is 0 Å². The Morgan fingerprint density at radius 2 is 1.79 bits per heavy atom. The molecule has 0 atom stereocenters. The smallest absolute Gasteiger partial charge is 0.203 e. The molecule has 1 rings (SSSR count). The van der Waals surface area contributed by atoms with Gasteiger partial charge in [-0.3, -0.25) is 0 Å². The van der Waals surface area contributed by atoms with Gasteiger partial charge >= 0.3 is 0 Å². The Balaban J connectivity index is 2.73. The summed E-state index contributed by atoms with van der Waals surface area (Å²) in [5.74, 6) is 0.125. The first-order valence-corrected chi connectivity index (χ1v) is 3.74. The molecule has 0 radical (unpaired) electrons. The van der Waals surface area contributed by atoms with Crippen LogP contribution in [0, 0.1) is 17.5 Å². The molecule has 78 valence electrons. The van der Waals surface area contributed by atoms with Crippen LogP contribution in [0.15, 0.2) is 12.1 Å². The van der Waals surface area contributed by atoms with E-state index >= 15 is 0 Å². The maximum atomic E-state index is 12.9. The summed E-state index contributed by atoms with van der Waals surface area (Å²) in [4.78, 5) is 4.14. The summed E-state index contributed by atoms with van der Waals surface area (Å²) >= 11 is 0. The zero-order chi connectivity index (χ0) is 10.6. The van der Waals surface area contributed by atoms with Gasteiger partial charge in [0, 0.05) is 0 Å². The van der Waals surface area contributed by atoms with Crippen molar-refractivity contribution in [3.05, 3.63) is 29.6 Å². The average molecular weight is 207 g/mol. The van der Waals surface area contributed by atoms with Crippen LogP contribution in [0.3, 0.4) is 0 Å². The molecule has 0 saturated carbocycles. The number of hydrogen-bond donors (Lipinski definition) is 1. The number of rotatable bonds is 4. The Kier molecular flexibility index (Phi) is 3.73. The first-order chi connectivity index (χ1) is 6.66. The van der Waals surface area contributed by atoms with E-state index in [0.717, 1.165) is 12.1 Å². The van der Waals surface area contributed by atoms with Crippen molar-refractivity contribution in [2.75, 3.05) is 13.2 Å². The van der Waals surface area contributed by atoms with Gasteiger partial charge < -0.3 is 9.57 Å². The first-order valence-electron chi connectivity index (χ1n) is 3.74. The minimum atomic E-state index is -1.56. The van der Waals surface area contributed by atoms with E-state index in [-0.39, 0.29) is 19.0 Å². The predicted octanol–water partition coefficient (Wildman–Crippen LogP) is 1.37. The molecule has 0 amide bonds. The molecular weight excluding hydrogens is 199 g/mol. The fourth-order valence-electron chi connectivity index (χ4n) is 0.819. The Morgan fingerprint density at radius 3 is 2.43 bits per heavy atom. The molecule has 0 unspecified atom stereocenters. The van der Waals surface area contributed by atoms with E-state index in [9.17, 15) is 13.2 Å². The fraction of sp³-hybridized carbons (Fsp3) is 0.250. The summed E-state index contributed by atoms with van der Waals surface area (Å²) in [6.07, 6.45) is 0. The van der Waals surface area contributed by atoms with Gasteiger partial charge in [-0.1, -0.05) is 0 Å². The van der Waals surface area contributed by atoms with Gasteiger partial charge in [0.25, 0.3) is 0 Å². The molecule has 2 N–H and O–H groups in total. The summed E-state index contributed by atoms with van der Waals surface area (Å²) in [6, 6.07) is 1.77. The lowest BCUT2D eigenvalue weighted by Crippen LogP contribution is -2.11. The van der Waals surface area contributed by atoms with Crippen molar-refractivity contribution < 1.29 is 22.7 Å². The summed E-state index contributed by atoms with van der Waals surface area (Å²) in [7, 11) is 0. The maximum absolute atomic E-state index is 12.9. The maximum Gasteiger partial charge on any atom is 0.203 e. The average Bonchev–Trinajstić information content (AvgIpc) is 2.18. The molecule has 0 fully saturated rings. The summed E-state index contributed by atoms with van der Waals surface area (Å²) < 4.78 is 42.7. The lowest BCUT2D eigenvalue weighted by molar-refractivity contribution is 0.0999. The molecule has 0 aliphatic carbocycles. The number of ether oxygens (including phenoxy) is 1. The molecule has 1 aromatic carbocycles. The van der Waals surface area contributed by atoms with E-state index in [0.29, 0.717) is 0 Å². The highest BCUT2D eigenvalue weighted by molar-refractivity contribution is 5.26. The molecule has 0 aromatic heterocycles. The van der Waals surface area contributed by atoms with E-state index in [2.05, 4.69) is 10.7 Å². The highest BCUT2D eigenvalue weighted by Gasteiger charge is 2.13. The predicted molar refractivity (Wildman–Crippen MR) is 42.0 cm³/mol. The number of benzene rings is 1. The molecule has 0 spiro atoms. The minimum absolute atomic E-state index is 0.0262. The second-order valence-electron chi connectivity index (χ2n) is 2.39. The van der Waals surface area contributed by atoms with Crippen LogP contribution in [0.4, 0.5) is 13.2 Å². The standard InChI is InChI=1S/C8H8F3NO2/c9-5-1-2-6(8(11)7(5)10)13-3-4-14-12/h1-2H,3-4,12H2. The third kappa shape index (κ3) is 2.36. The highest BCUT2D eigenvalue weighted by Crippen LogP contribution is 2.21.